The van der Waals surface area contributed by atoms with E-state index in [0.29, 0.717) is 13.0 Å². The van der Waals surface area contributed by atoms with Crippen LogP contribution in [0.5, 0.6) is 0 Å². The molecule has 0 aliphatic carbocycles. The van der Waals surface area contributed by atoms with E-state index in [1.54, 1.807) is 12.4 Å². The van der Waals surface area contributed by atoms with Crippen molar-refractivity contribution in [1.29, 1.82) is 0 Å². The Bertz CT molecular complexity index is 406. The van der Waals surface area contributed by atoms with Gasteiger partial charge in [0.15, 0.2) is 5.84 Å². The summed E-state index contributed by atoms with van der Waals surface area (Å²) in [5.41, 5.74) is 6.54. The molecule has 1 heterocycles. The summed E-state index contributed by atoms with van der Waals surface area (Å²) in [5.74, 6) is -0.854. The Morgan fingerprint density at radius 3 is 2.78 bits per heavy atom. The average Bonchev–Trinajstić information content (AvgIpc) is 2.40. The fourth-order valence-electron chi connectivity index (χ4n) is 1.60. The van der Waals surface area contributed by atoms with Gasteiger partial charge in [0.25, 0.3) is 0 Å². The summed E-state index contributed by atoms with van der Waals surface area (Å²) in [4.78, 5) is 15.7. The number of nitrogens with two attached hydrogens (primary N) is 1. The van der Waals surface area contributed by atoms with Crippen molar-refractivity contribution in [2.45, 2.75) is 19.8 Å². The number of aromatic nitrogens is 1. The second-order valence-electron chi connectivity index (χ2n) is 3.88. The molecule has 1 rings (SSSR count). The smallest absolute Gasteiger partial charge is 0.230 e. The van der Waals surface area contributed by atoms with Gasteiger partial charge in [0, 0.05) is 18.9 Å². The van der Waals surface area contributed by atoms with E-state index in [1.807, 2.05) is 19.1 Å². The highest BCUT2D eigenvalue weighted by molar-refractivity contribution is 6.01. The van der Waals surface area contributed by atoms with Gasteiger partial charge in [-0.2, -0.15) is 0 Å². The number of hydrogen-bond donors (Lipinski definition) is 3. The number of rotatable bonds is 6. The lowest BCUT2D eigenvalue weighted by Crippen LogP contribution is -2.39. The molecule has 0 saturated carbocycles. The predicted octanol–water partition coefficient (Wildman–Crippen LogP) is 0.513. The third-order valence-corrected chi connectivity index (χ3v) is 2.66. The van der Waals surface area contributed by atoms with Gasteiger partial charge in [-0.25, -0.2) is 0 Å². The lowest BCUT2D eigenvalue weighted by molar-refractivity contribution is -0.123. The van der Waals surface area contributed by atoms with Gasteiger partial charge in [-0.15, -0.1) is 0 Å². The van der Waals surface area contributed by atoms with Crippen LogP contribution in [-0.4, -0.2) is 28.5 Å². The Morgan fingerprint density at radius 1 is 1.56 bits per heavy atom. The van der Waals surface area contributed by atoms with Gasteiger partial charge in [-0.05, 0) is 30.5 Å². The molecule has 1 aromatic heterocycles. The average molecular weight is 250 g/mol. The lowest BCUT2D eigenvalue weighted by atomic mass is 10.0. The Labute approximate surface area is 106 Å². The van der Waals surface area contributed by atoms with Crippen molar-refractivity contribution in [3.8, 4) is 0 Å². The quantitative estimate of drug-likeness (QED) is 0.296. The molecule has 0 radical (unpaired) electrons. The van der Waals surface area contributed by atoms with Crippen LogP contribution in [0.4, 0.5) is 0 Å². The van der Waals surface area contributed by atoms with E-state index >= 15 is 0 Å². The Balaban J connectivity index is 2.41. The molecule has 6 heteroatoms. The SMILES string of the molecule is CCC(C(=O)NCCc1ccncc1)C(N)=NO. The summed E-state index contributed by atoms with van der Waals surface area (Å²) in [6, 6.07) is 3.79. The lowest BCUT2D eigenvalue weighted by Gasteiger charge is -2.13. The van der Waals surface area contributed by atoms with Gasteiger partial charge in [-0.1, -0.05) is 12.1 Å². The minimum atomic E-state index is -0.576. The van der Waals surface area contributed by atoms with E-state index in [4.69, 9.17) is 10.9 Å². The summed E-state index contributed by atoms with van der Waals surface area (Å²) < 4.78 is 0. The fraction of sp³-hybridized carbons (Fsp3) is 0.417. The maximum atomic E-state index is 11.8. The van der Waals surface area contributed by atoms with Crippen molar-refractivity contribution < 1.29 is 10.0 Å². The monoisotopic (exact) mass is 250 g/mol. The summed E-state index contributed by atoms with van der Waals surface area (Å²) in [6.07, 6.45) is 4.64. The first-order chi connectivity index (χ1) is 8.69. The van der Waals surface area contributed by atoms with Crippen LogP contribution in [0.15, 0.2) is 29.7 Å². The molecule has 1 amide bonds. The van der Waals surface area contributed by atoms with E-state index in [-0.39, 0.29) is 11.7 Å². The molecule has 18 heavy (non-hydrogen) atoms. The van der Waals surface area contributed by atoms with E-state index < -0.39 is 5.92 Å². The zero-order valence-electron chi connectivity index (χ0n) is 10.3. The van der Waals surface area contributed by atoms with Crippen LogP contribution in [0, 0.1) is 5.92 Å². The zero-order valence-corrected chi connectivity index (χ0v) is 10.3. The van der Waals surface area contributed by atoms with E-state index in [1.165, 1.54) is 0 Å². The largest absolute Gasteiger partial charge is 0.409 e. The third-order valence-electron chi connectivity index (χ3n) is 2.66. The van der Waals surface area contributed by atoms with Crippen molar-refractivity contribution in [3.63, 3.8) is 0 Å². The molecular weight excluding hydrogens is 232 g/mol. The Hall–Kier alpha value is -2.11. The Morgan fingerprint density at radius 2 is 2.22 bits per heavy atom. The normalized spacial score (nSPS) is 13.1. The molecule has 0 aliphatic heterocycles. The standard InChI is InChI=1S/C12H18N4O2/c1-2-10(11(13)16-18)12(17)15-8-5-9-3-6-14-7-4-9/h3-4,6-7,10,18H,2,5,8H2,1H3,(H2,13,16)(H,15,17). The molecule has 0 aromatic carbocycles. The molecular formula is C12H18N4O2. The third kappa shape index (κ3) is 4.04. The molecule has 0 bridgehead atoms. The molecule has 0 fully saturated rings. The number of oxime groups is 1. The highest BCUT2D eigenvalue weighted by Crippen LogP contribution is 2.03. The number of amidine groups is 1. The number of carbonyl (C=O) groups is 1. The van der Waals surface area contributed by atoms with E-state index in [2.05, 4.69) is 15.5 Å². The van der Waals surface area contributed by atoms with Crippen LogP contribution in [-0.2, 0) is 11.2 Å². The summed E-state index contributed by atoms with van der Waals surface area (Å²) in [6.45, 7) is 2.32. The van der Waals surface area contributed by atoms with Crippen LogP contribution in [0.3, 0.4) is 0 Å². The molecule has 0 spiro atoms. The van der Waals surface area contributed by atoms with Gasteiger partial charge in [0.05, 0.1) is 5.92 Å². The second-order valence-corrected chi connectivity index (χ2v) is 3.88. The molecule has 1 atom stereocenters. The summed E-state index contributed by atoms with van der Waals surface area (Å²) >= 11 is 0. The maximum Gasteiger partial charge on any atom is 0.230 e. The highest BCUT2D eigenvalue weighted by atomic mass is 16.4. The molecule has 0 saturated heterocycles. The van der Waals surface area contributed by atoms with Crippen LogP contribution in [0.1, 0.15) is 18.9 Å². The molecule has 6 nitrogen and oxygen atoms in total. The maximum absolute atomic E-state index is 11.8. The molecule has 0 aliphatic rings. The van der Waals surface area contributed by atoms with Crippen molar-refractivity contribution >= 4 is 11.7 Å². The van der Waals surface area contributed by atoms with Gasteiger partial charge >= 0.3 is 0 Å². The minimum Gasteiger partial charge on any atom is -0.409 e. The number of nitrogens with zero attached hydrogens (tertiary/aromatic N) is 2. The fourth-order valence-corrected chi connectivity index (χ4v) is 1.60. The number of pyridine rings is 1. The molecule has 1 unspecified atom stereocenters. The highest BCUT2D eigenvalue weighted by Gasteiger charge is 2.20. The van der Waals surface area contributed by atoms with Crippen LogP contribution >= 0.6 is 0 Å². The number of amides is 1. The van der Waals surface area contributed by atoms with E-state index in [9.17, 15) is 4.79 Å². The van der Waals surface area contributed by atoms with Gasteiger partial charge in [0.2, 0.25) is 5.91 Å². The van der Waals surface area contributed by atoms with E-state index in [0.717, 1.165) is 12.0 Å². The molecule has 98 valence electrons. The zero-order chi connectivity index (χ0) is 13.4. The van der Waals surface area contributed by atoms with Crippen molar-refractivity contribution in [1.82, 2.24) is 10.3 Å². The van der Waals surface area contributed by atoms with Crippen molar-refractivity contribution in [2.24, 2.45) is 16.8 Å². The second kappa shape index (κ2) is 7.26. The molecule has 4 N–H and O–H groups in total. The van der Waals surface area contributed by atoms with Crippen molar-refractivity contribution in [3.05, 3.63) is 30.1 Å². The predicted molar refractivity (Wildman–Crippen MR) is 68.1 cm³/mol. The first-order valence-corrected chi connectivity index (χ1v) is 5.83. The first-order valence-electron chi connectivity index (χ1n) is 5.83. The summed E-state index contributed by atoms with van der Waals surface area (Å²) in [7, 11) is 0. The topological polar surface area (TPSA) is 101 Å². The number of carbonyl (C=O) groups excluding carboxylic acids is 1. The van der Waals surface area contributed by atoms with Crippen LogP contribution in [0.2, 0.25) is 0 Å². The van der Waals surface area contributed by atoms with Crippen LogP contribution in [0.25, 0.3) is 0 Å². The van der Waals surface area contributed by atoms with Crippen molar-refractivity contribution in [2.75, 3.05) is 6.54 Å². The summed E-state index contributed by atoms with van der Waals surface area (Å²) in [5, 5.41) is 14.2. The minimum absolute atomic E-state index is 0.0566. The van der Waals surface area contributed by atoms with Gasteiger partial charge in [0.1, 0.15) is 0 Å². The number of hydrogen-bond acceptors (Lipinski definition) is 4. The van der Waals surface area contributed by atoms with Gasteiger partial charge < -0.3 is 16.3 Å². The molecule has 1 aromatic rings. The van der Waals surface area contributed by atoms with Crippen LogP contribution < -0.4 is 11.1 Å². The Kier molecular flexibility index (Phi) is 5.63. The first kappa shape index (κ1) is 14.0. The number of nitrogens with one attached hydrogen (secondary N) is 1. The van der Waals surface area contributed by atoms with Gasteiger partial charge in [-0.3, -0.25) is 9.78 Å².